The molecular weight excluding hydrogens is 456 g/mol. The normalized spacial score (nSPS) is 13.0. The summed E-state index contributed by atoms with van der Waals surface area (Å²) in [5.41, 5.74) is 6.21. The topological polar surface area (TPSA) is 112 Å². The Morgan fingerprint density at radius 3 is 2.28 bits per heavy atom. The predicted octanol–water partition coefficient (Wildman–Crippen LogP) is 4.03. The van der Waals surface area contributed by atoms with Gasteiger partial charge in [0.15, 0.2) is 0 Å². The van der Waals surface area contributed by atoms with Crippen LogP contribution in [0.3, 0.4) is 0 Å². The first-order chi connectivity index (χ1) is 17.2. The molecule has 1 heterocycles. The molecule has 3 amide bonds. The highest BCUT2D eigenvalue weighted by Gasteiger charge is 2.35. The number of pyridine rings is 1. The van der Waals surface area contributed by atoms with Crippen LogP contribution in [0, 0.1) is 23.7 Å². The first kappa shape index (κ1) is 28.7. The number of rotatable bonds is 12. The van der Waals surface area contributed by atoms with Crippen LogP contribution in [0.15, 0.2) is 60.9 Å². The van der Waals surface area contributed by atoms with Gasteiger partial charge in [-0.3, -0.25) is 35.0 Å². The second-order valence-electron chi connectivity index (χ2n) is 9.78. The summed E-state index contributed by atoms with van der Waals surface area (Å²) in [6, 6.07) is 13.2. The van der Waals surface area contributed by atoms with Gasteiger partial charge in [-0.15, -0.1) is 0 Å². The SMILES string of the molecule is CC(C)C[C@@H](C(=O)NN(CC(C)C)C(=O)Cc1cccnc1)[C@H](CC=Cc1ccccc1)C(=O)NO. The van der Waals surface area contributed by atoms with Crippen molar-refractivity contribution in [1.29, 1.82) is 0 Å². The molecule has 0 bridgehead atoms. The number of allylic oxidation sites excluding steroid dienone is 1. The minimum Gasteiger partial charge on any atom is -0.289 e. The van der Waals surface area contributed by atoms with Gasteiger partial charge >= 0.3 is 0 Å². The van der Waals surface area contributed by atoms with Crippen LogP contribution in [0.5, 0.6) is 0 Å². The molecule has 1 aromatic heterocycles. The quantitative estimate of drug-likeness (QED) is 0.305. The molecule has 0 saturated heterocycles. The van der Waals surface area contributed by atoms with E-state index in [1.165, 1.54) is 5.01 Å². The van der Waals surface area contributed by atoms with Crippen molar-refractivity contribution in [2.24, 2.45) is 23.7 Å². The van der Waals surface area contributed by atoms with Crippen molar-refractivity contribution in [3.05, 3.63) is 72.1 Å². The molecule has 0 radical (unpaired) electrons. The molecule has 0 aliphatic heterocycles. The van der Waals surface area contributed by atoms with Crippen molar-refractivity contribution in [1.82, 2.24) is 20.9 Å². The van der Waals surface area contributed by atoms with Gasteiger partial charge in [0.2, 0.25) is 17.7 Å². The highest BCUT2D eigenvalue weighted by molar-refractivity contribution is 5.89. The van der Waals surface area contributed by atoms with Gasteiger partial charge in [-0.05, 0) is 41.9 Å². The molecule has 0 fully saturated rings. The molecule has 194 valence electrons. The van der Waals surface area contributed by atoms with E-state index in [0.717, 1.165) is 11.1 Å². The fraction of sp³-hybridized carbons (Fsp3) is 0.429. The number of benzene rings is 1. The second kappa shape index (κ2) is 14.8. The molecule has 0 aliphatic rings. The molecule has 0 aliphatic carbocycles. The highest BCUT2D eigenvalue weighted by atomic mass is 16.5. The molecule has 0 unspecified atom stereocenters. The van der Waals surface area contributed by atoms with E-state index >= 15 is 0 Å². The molecule has 0 saturated carbocycles. The summed E-state index contributed by atoms with van der Waals surface area (Å²) >= 11 is 0. The Morgan fingerprint density at radius 1 is 0.972 bits per heavy atom. The van der Waals surface area contributed by atoms with Crippen LogP contribution in [0.2, 0.25) is 0 Å². The molecule has 2 aromatic rings. The van der Waals surface area contributed by atoms with E-state index in [9.17, 15) is 19.6 Å². The summed E-state index contributed by atoms with van der Waals surface area (Å²) in [6.07, 6.45) is 7.72. The molecule has 1 aromatic carbocycles. The maximum atomic E-state index is 13.5. The Balaban J connectivity index is 2.24. The number of nitrogens with one attached hydrogen (secondary N) is 2. The largest absolute Gasteiger partial charge is 0.289 e. The fourth-order valence-corrected chi connectivity index (χ4v) is 3.98. The van der Waals surface area contributed by atoms with Crippen molar-refractivity contribution in [2.45, 2.75) is 47.0 Å². The molecule has 2 rings (SSSR count). The number of carbonyl (C=O) groups is 3. The second-order valence-corrected chi connectivity index (χ2v) is 9.78. The molecule has 36 heavy (non-hydrogen) atoms. The molecular formula is C28H38N4O4. The lowest BCUT2D eigenvalue weighted by molar-refractivity contribution is -0.147. The van der Waals surface area contributed by atoms with E-state index in [-0.39, 0.29) is 30.6 Å². The Hall–Kier alpha value is -3.52. The van der Waals surface area contributed by atoms with E-state index in [2.05, 4.69) is 10.4 Å². The standard InChI is InChI=1S/C28H38N4O4/c1-20(2)16-25(24(28(35)31-36)14-8-12-22-10-6-5-7-11-22)27(34)30-32(19-21(3)4)26(33)17-23-13-9-15-29-18-23/h5-13,15,18,20-21,24-25,36H,14,16-17,19H2,1-4H3,(H,30,34)(H,31,35)/t24-,25+/m0/s1. The van der Waals surface area contributed by atoms with Crippen molar-refractivity contribution >= 4 is 23.8 Å². The van der Waals surface area contributed by atoms with Crippen molar-refractivity contribution in [3.8, 4) is 0 Å². The van der Waals surface area contributed by atoms with Gasteiger partial charge in [-0.2, -0.15) is 0 Å². The average Bonchev–Trinajstić information content (AvgIpc) is 2.85. The van der Waals surface area contributed by atoms with Gasteiger partial charge in [0, 0.05) is 18.9 Å². The number of hydrazine groups is 1. The number of nitrogens with zero attached hydrogens (tertiary/aromatic N) is 2. The van der Waals surface area contributed by atoms with Gasteiger partial charge in [0.25, 0.3) is 0 Å². The Bertz CT molecular complexity index is 993. The maximum absolute atomic E-state index is 13.5. The predicted molar refractivity (Wildman–Crippen MR) is 139 cm³/mol. The smallest absolute Gasteiger partial charge is 0.247 e. The van der Waals surface area contributed by atoms with Gasteiger partial charge in [-0.1, -0.05) is 76.2 Å². The lowest BCUT2D eigenvalue weighted by Crippen LogP contribution is -2.52. The Morgan fingerprint density at radius 2 is 1.69 bits per heavy atom. The van der Waals surface area contributed by atoms with Crippen LogP contribution in [0.1, 0.15) is 51.7 Å². The fourth-order valence-electron chi connectivity index (χ4n) is 3.98. The van der Waals surface area contributed by atoms with Crippen molar-refractivity contribution < 1.29 is 19.6 Å². The number of aromatic nitrogens is 1. The highest BCUT2D eigenvalue weighted by Crippen LogP contribution is 2.26. The summed E-state index contributed by atoms with van der Waals surface area (Å²) in [4.78, 5) is 43.3. The number of hydroxylamine groups is 1. The summed E-state index contributed by atoms with van der Waals surface area (Å²) in [7, 11) is 0. The lowest BCUT2D eigenvalue weighted by atomic mass is 9.82. The van der Waals surface area contributed by atoms with Crippen molar-refractivity contribution in [3.63, 3.8) is 0 Å². The van der Waals surface area contributed by atoms with E-state index < -0.39 is 23.7 Å². The van der Waals surface area contributed by atoms with Crippen LogP contribution in [0.25, 0.3) is 6.08 Å². The Kier molecular flexibility index (Phi) is 11.8. The van der Waals surface area contributed by atoms with Gasteiger partial charge < -0.3 is 0 Å². The monoisotopic (exact) mass is 494 g/mol. The third kappa shape index (κ3) is 9.62. The molecule has 2 atom stereocenters. The van der Waals surface area contributed by atoms with Crippen LogP contribution in [-0.4, -0.2) is 39.5 Å². The first-order valence-electron chi connectivity index (χ1n) is 12.4. The number of carbonyl (C=O) groups excluding carboxylic acids is 3. The minimum absolute atomic E-state index is 0.0933. The van der Waals surface area contributed by atoms with Gasteiger partial charge in [0.05, 0.1) is 18.3 Å². The average molecular weight is 495 g/mol. The van der Waals surface area contributed by atoms with Gasteiger partial charge in [-0.25, -0.2) is 5.48 Å². The number of amides is 3. The Labute approximate surface area is 213 Å². The van der Waals surface area contributed by atoms with E-state index in [1.807, 2.05) is 76.2 Å². The minimum atomic E-state index is -0.813. The third-order valence-corrected chi connectivity index (χ3v) is 5.67. The van der Waals surface area contributed by atoms with Crippen LogP contribution in [-0.2, 0) is 20.8 Å². The zero-order valence-corrected chi connectivity index (χ0v) is 21.6. The summed E-state index contributed by atoms with van der Waals surface area (Å²) in [6.45, 7) is 8.17. The number of hydrogen-bond acceptors (Lipinski definition) is 5. The molecule has 8 heteroatoms. The molecule has 8 nitrogen and oxygen atoms in total. The van der Waals surface area contributed by atoms with E-state index in [1.54, 1.807) is 23.9 Å². The zero-order valence-electron chi connectivity index (χ0n) is 21.6. The van der Waals surface area contributed by atoms with E-state index in [0.29, 0.717) is 13.0 Å². The van der Waals surface area contributed by atoms with Crippen LogP contribution in [0.4, 0.5) is 0 Å². The lowest BCUT2D eigenvalue weighted by Gasteiger charge is -2.30. The van der Waals surface area contributed by atoms with Gasteiger partial charge in [0.1, 0.15) is 0 Å². The van der Waals surface area contributed by atoms with Crippen molar-refractivity contribution in [2.75, 3.05) is 6.54 Å². The zero-order chi connectivity index (χ0) is 26.5. The molecule has 0 spiro atoms. The third-order valence-electron chi connectivity index (χ3n) is 5.67. The maximum Gasteiger partial charge on any atom is 0.247 e. The summed E-state index contributed by atoms with van der Waals surface area (Å²) in [5.74, 6) is -2.67. The summed E-state index contributed by atoms with van der Waals surface area (Å²) in [5, 5.41) is 10.7. The summed E-state index contributed by atoms with van der Waals surface area (Å²) < 4.78 is 0. The first-order valence-corrected chi connectivity index (χ1v) is 12.4. The molecule has 3 N–H and O–H groups in total. The van der Waals surface area contributed by atoms with Crippen LogP contribution >= 0.6 is 0 Å². The number of hydrogen-bond donors (Lipinski definition) is 3. The van der Waals surface area contributed by atoms with Crippen LogP contribution < -0.4 is 10.9 Å². The van der Waals surface area contributed by atoms with E-state index in [4.69, 9.17) is 0 Å².